The van der Waals surface area contributed by atoms with Crippen LogP contribution in [0.25, 0.3) is 0 Å². The van der Waals surface area contributed by atoms with Crippen LogP contribution >= 0.6 is 12.2 Å². The number of thiocarbonyl (C=S) groups is 1. The van der Waals surface area contributed by atoms with Gasteiger partial charge in [-0.1, -0.05) is 6.42 Å². The van der Waals surface area contributed by atoms with Crippen LogP contribution in [-0.4, -0.2) is 30.8 Å². The standard InChI is InChI=1S/C18H30N2O2S/c1-22-16(21)5-3-2-4-6-19-18(23)20-17-14-8-12-7-13(10-14)11-15(17)9-12/h12-15,17H,2-11H2,1H3,(H2,19,20,23). The molecule has 0 aromatic rings. The van der Waals surface area contributed by atoms with Crippen molar-refractivity contribution in [2.24, 2.45) is 23.7 Å². The lowest BCUT2D eigenvalue weighted by atomic mass is 9.54. The largest absolute Gasteiger partial charge is 0.469 e. The highest BCUT2D eigenvalue weighted by Gasteiger charge is 2.48. The average Bonchev–Trinajstić information content (AvgIpc) is 2.53. The third kappa shape index (κ3) is 4.37. The molecule has 5 heteroatoms. The monoisotopic (exact) mass is 338 g/mol. The second-order valence-corrected chi connectivity index (χ2v) is 8.15. The van der Waals surface area contributed by atoms with Crippen LogP contribution in [0.3, 0.4) is 0 Å². The van der Waals surface area contributed by atoms with Crippen LogP contribution in [0.15, 0.2) is 0 Å². The van der Waals surface area contributed by atoms with Crippen LogP contribution in [0, 0.1) is 23.7 Å². The highest BCUT2D eigenvalue weighted by molar-refractivity contribution is 7.80. The van der Waals surface area contributed by atoms with Crippen LogP contribution in [0.1, 0.15) is 57.8 Å². The van der Waals surface area contributed by atoms with E-state index < -0.39 is 0 Å². The first kappa shape index (κ1) is 17.0. The lowest BCUT2D eigenvalue weighted by Gasteiger charge is -2.54. The van der Waals surface area contributed by atoms with E-state index in [-0.39, 0.29) is 5.97 Å². The summed E-state index contributed by atoms with van der Waals surface area (Å²) in [6, 6.07) is 0.613. The Morgan fingerprint density at radius 2 is 1.70 bits per heavy atom. The van der Waals surface area contributed by atoms with Crippen molar-refractivity contribution < 1.29 is 9.53 Å². The van der Waals surface area contributed by atoms with Crippen LogP contribution in [0.5, 0.6) is 0 Å². The van der Waals surface area contributed by atoms with E-state index in [2.05, 4.69) is 15.4 Å². The molecule has 130 valence electrons. The second-order valence-electron chi connectivity index (χ2n) is 7.74. The lowest BCUT2D eigenvalue weighted by Crippen LogP contribution is -2.57. The summed E-state index contributed by atoms with van der Waals surface area (Å²) in [6.45, 7) is 0.889. The van der Waals surface area contributed by atoms with E-state index in [4.69, 9.17) is 12.2 Å². The Morgan fingerprint density at radius 3 is 2.30 bits per heavy atom. The molecule has 4 rings (SSSR count). The summed E-state index contributed by atoms with van der Waals surface area (Å²) in [5.74, 6) is 3.60. The van der Waals surface area contributed by atoms with E-state index in [9.17, 15) is 4.79 Å². The van der Waals surface area contributed by atoms with Crippen LogP contribution < -0.4 is 10.6 Å². The van der Waals surface area contributed by atoms with Gasteiger partial charge in [-0.25, -0.2) is 0 Å². The van der Waals surface area contributed by atoms with Gasteiger partial charge >= 0.3 is 5.97 Å². The molecule has 0 saturated heterocycles. The quantitative estimate of drug-likeness (QED) is 0.424. The van der Waals surface area contributed by atoms with Gasteiger partial charge in [0.2, 0.25) is 0 Å². The maximum Gasteiger partial charge on any atom is 0.305 e. The number of ether oxygens (including phenoxy) is 1. The molecule has 4 aliphatic rings. The van der Waals surface area contributed by atoms with Gasteiger partial charge in [0.1, 0.15) is 0 Å². The zero-order valence-corrected chi connectivity index (χ0v) is 15.0. The Morgan fingerprint density at radius 1 is 1.04 bits per heavy atom. The first-order valence-corrected chi connectivity index (χ1v) is 9.67. The number of hydrogen-bond donors (Lipinski definition) is 2. The summed E-state index contributed by atoms with van der Waals surface area (Å²) in [7, 11) is 1.44. The molecule has 0 atom stereocenters. The molecule has 4 saturated carbocycles. The topological polar surface area (TPSA) is 50.4 Å². The maximum atomic E-state index is 11.0. The predicted molar refractivity (Wildman–Crippen MR) is 95.1 cm³/mol. The second kappa shape index (κ2) is 7.82. The molecule has 4 aliphatic carbocycles. The van der Waals surface area contributed by atoms with Gasteiger partial charge in [0.25, 0.3) is 0 Å². The van der Waals surface area contributed by atoms with Gasteiger partial charge in [0, 0.05) is 19.0 Å². The van der Waals surface area contributed by atoms with Gasteiger partial charge in [-0.2, -0.15) is 0 Å². The first-order valence-electron chi connectivity index (χ1n) is 9.27. The number of rotatable bonds is 7. The summed E-state index contributed by atoms with van der Waals surface area (Å²) < 4.78 is 4.64. The average molecular weight is 339 g/mol. The third-order valence-electron chi connectivity index (χ3n) is 6.10. The number of carbonyl (C=O) groups excluding carboxylic acids is 1. The smallest absolute Gasteiger partial charge is 0.305 e. The molecular formula is C18H30N2O2S. The summed E-state index contributed by atoms with van der Waals surface area (Å²) in [6.07, 6.45) is 10.7. The van der Waals surface area contributed by atoms with Crippen LogP contribution in [0.4, 0.5) is 0 Å². The molecule has 2 N–H and O–H groups in total. The molecule has 23 heavy (non-hydrogen) atoms. The molecule has 0 aliphatic heterocycles. The predicted octanol–water partition coefficient (Wildman–Crippen LogP) is 3.01. The number of carbonyl (C=O) groups is 1. The minimum Gasteiger partial charge on any atom is -0.469 e. The van der Waals surface area contributed by atoms with Gasteiger partial charge < -0.3 is 15.4 Å². The lowest BCUT2D eigenvalue weighted by molar-refractivity contribution is -0.140. The molecule has 0 aromatic carbocycles. The van der Waals surface area contributed by atoms with E-state index >= 15 is 0 Å². The maximum absolute atomic E-state index is 11.0. The van der Waals surface area contributed by atoms with Crippen molar-refractivity contribution in [3.8, 4) is 0 Å². The molecule has 4 bridgehead atoms. The van der Waals surface area contributed by atoms with E-state index in [1.807, 2.05) is 0 Å². The summed E-state index contributed by atoms with van der Waals surface area (Å²) in [4.78, 5) is 11.0. The van der Waals surface area contributed by atoms with Crippen LogP contribution in [0.2, 0.25) is 0 Å². The Kier molecular flexibility index (Phi) is 5.78. The summed E-state index contributed by atoms with van der Waals surface area (Å²) >= 11 is 5.50. The minimum absolute atomic E-state index is 0.114. The number of unbranched alkanes of at least 4 members (excludes halogenated alkanes) is 2. The molecule has 4 fully saturated rings. The van der Waals surface area contributed by atoms with Crippen molar-refractivity contribution in [2.75, 3.05) is 13.7 Å². The number of hydrogen-bond acceptors (Lipinski definition) is 3. The molecule has 4 nitrogen and oxygen atoms in total. The molecule has 0 aromatic heterocycles. The Balaban J connectivity index is 1.30. The highest BCUT2D eigenvalue weighted by Crippen LogP contribution is 2.53. The van der Waals surface area contributed by atoms with E-state index in [0.717, 1.165) is 54.6 Å². The Hall–Kier alpha value is -0.840. The fraction of sp³-hybridized carbons (Fsp3) is 0.889. The van der Waals surface area contributed by atoms with Gasteiger partial charge in [0.15, 0.2) is 5.11 Å². The summed E-state index contributed by atoms with van der Waals surface area (Å²) in [5, 5.41) is 7.80. The van der Waals surface area contributed by atoms with E-state index in [0.29, 0.717) is 12.5 Å². The molecule has 0 spiro atoms. The zero-order valence-electron chi connectivity index (χ0n) is 14.2. The fourth-order valence-corrected chi connectivity index (χ4v) is 5.48. The number of esters is 1. The van der Waals surface area contributed by atoms with Crippen molar-refractivity contribution >= 4 is 23.3 Å². The molecular weight excluding hydrogens is 308 g/mol. The van der Waals surface area contributed by atoms with E-state index in [1.54, 1.807) is 0 Å². The van der Waals surface area contributed by atoms with Gasteiger partial charge in [0.05, 0.1) is 7.11 Å². The van der Waals surface area contributed by atoms with Gasteiger partial charge in [-0.15, -0.1) is 0 Å². The van der Waals surface area contributed by atoms with Crippen molar-refractivity contribution in [2.45, 2.75) is 63.8 Å². The molecule has 0 radical (unpaired) electrons. The zero-order chi connectivity index (χ0) is 16.2. The molecule has 0 amide bonds. The Bertz CT molecular complexity index is 413. The van der Waals surface area contributed by atoms with Crippen LogP contribution in [-0.2, 0) is 9.53 Å². The van der Waals surface area contributed by atoms with Gasteiger partial charge in [-0.3, -0.25) is 4.79 Å². The SMILES string of the molecule is COC(=O)CCCCCNC(=S)NC1C2CC3CC(C2)CC1C3. The highest BCUT2D eigenvalue weighted by atomic mass is 32.1. The number of methoxy groups -OCH3 is 1. The molecule has 0 unspecified atom stereocenters. The number of nitrogens with one attached hydrogen (secondary N) is 2. The van der Waals surface area contributed by atoms with Crippen molar-refractivity contribution in [1.29, 1.82) is 0 Å². The van der Waals surface area contributed by atoms with E-state index in [1.165, 1.54) is 39.2 Å². The fourth-order valence-electron chi connectivity index (χ4n) is 5.24. The Labute approximate surface area is 145 Å². The van der Waals surface area contributed by atoms with Crippen molar-refractivity contribution in [1.82, 2.24) is 10.6 Å². The minimum atomic E-state index is -0.114. The van der Waals surface area contributed by atoms with Crippen molar-refractivity contribution in [3.63, 3.8) is 0 Å². The van der Waals surface area contributed by atoms with Crippen molar-refractivity contribution in [3.05, 3.63) is 0 Å². The molecule has 0 heterocycles. The normalized spacial score (nSPS) is 34.2. The van der Waals surface area contributed by atoms with Gasteiger partial charge in [-0.05, 0) is 80.8 Å². The first-order chi connectivity index (χ1) is 11.2. The third-order valence-corrected chi connectivity index (χ3v) is 6.36. The summed E-state index contributed by atoms with van der Waals surface area (Å²) in [5.41, 5.74) is 0.